The summed E-state index contributed by atoms with van der Waals surface area (Å²) < 4.78 is 39.6. The van der Waals surface area contributed by atoms with Crippen molar-refractivity contribution in [2.75, 3.05) is 18.8 Å². The van der Waals surface area contributed by atoms with Gasteiger partial charge in [0.05, 0.1) is 16.7 Å². The van der Waals surface area contributed by atoms with Gasteiger partial charge in [0, 0.05) is 13.1 Å². The number of carbonyl (C=O) groups excluding carboxylic acids is 2. The number of rotatable bonds is 5. The molecule has 1 aliphatic rings. The molecule has 1 aromatic carbocycles. The minimum atomic E-state index is -3.68. The van der Waals surface area contributed by atoms with Crippen molar-refractivity contribution in [3.8, 4) is 0 Å². The summed E-state index contributed by atoms with van der Waals surface area (Å²) in [5.74, 6) is -1.86. The number of nitrogens with one attached hydrogen (secondary N) is 1. The second kappa shape index (κ2) is 7.51. The lowest BCUT2D eigenvalue weighted by Crippen LogP contribution is -2.53. The Morgan fingerprint density at radius 1 is 1.32 bits per heavy atom. The molecule has 1 aromatic rings. The van der Waals surface area contributed by atoms with Crippen molar-refractivity contribution < 1.29 is 22.4 Å². The highest BCUT2D eigenvalue weighted by molar-refractivity contribution is 7.90. The first kappa shape index (κ1) is 19.4. The van der Waals surface area contributed by atoms with E-state index in [1.165, 1.54) is 23.1 Å². The van der Waals surface area contributed by atoms with Gasteiger partial charge in [-0.1, -0.05) is 19.1 Å². The molecular formula is C17H23FN2O4S. The Morgan fingerprint density at radius 2 is 2.00 bits per heavy atom. The zero-order valence-corrected chi connectivity index (χ0v) is 15.2. The maximum absolute atomic E-state index is 13.8. The van der Waals surface area contributed by atoms with Crippen LogP contribution in [0.15, 0.2) is 24.3 Å². The van der Waals surface area contributed by atoms with Crippen LogP contribution in [-0.2, 0) is 14.8 Å². The van der Waals surface area contributed by atoms with Gasteiger partial charge < -0.3 is 4.90 Å². The number of halogens is 1. The summed E-state index contributed by atoms with van der Waals surface area (Å²) in [6.45, 7) is 3.79. The molecule has 2 amide bonds. The Bertz CT molecular complexity index is 766. The van der Waals surface area contributed by atoms with Crippen LogP contribution in [0.2, 0.25) is 0 Å². The topological polar surface area (TPSA) is 83.6 Å². The van der Waals surface area contributed by atoms with Gasteiger partial charge in [-0.25, -0.2) is 12.8 Å². The first-order valence-electron chi connectivity index (χ1n) is 8.27. The predicted octanol–water partition coefficient (Wildman–Crippen LogP) is 1.92. The zero-order chi connectivity index (χ0) is 18.7. The van der Waals surface area contributed by atoms with Crippen LogP contribution in [0.5, 0.6) is 0 Å². The monoisotopic (exact) mass is 370 g/mol. The molecular weight excluding hydrogens is 347 g/mol. The zero-order valence-electron chi connectivity index (χ0n) is 14.4. The molecule has 1 fully saturated rings. The Hall–Kier alpha value is -1.96. The number of amides is 2. The number of piperidine rings is 1. The molecule has 8 heteroatoms. The van der Waals surface area contributed by atoms with Crippen molar-refractivity contribution >= 4 is 21.8 Å². The number of likely N-dealkylation sites (tertiary alicyclic amines) is 1. The van der Waals surface area contributed by atoms with E-state index in [2.05, 4.69) is 4.72 Å². The smallest absolute Gasteiger partial charge is 0.256 e. The third kappa shape index (κ3) is 4.56. The van der Waals surface area contributed by atoms with Crippen LogP contribution in [0.1, 0.15) is 43.5 Å². The molecule has 0 spiro atoms. The molecule has 25 heavy (non-hydrogen) atoms. The molecule has 1 aliphatic heterocycles. The number of sulfonamides is 1. The van der Waals surface area contributed by atoms with Crippen LogP contribution in [0.4, 0.5) is 4.39 Å². The molecule has 2 rings (SSSR count). The summed E-state index contributed by atoms with van der Waals surface area (Å²) in [4.78, 5) is 26.4. The fourth-order valence-corrected chi connectivity index (χ4v) is 4.16. The standard InChI is InChI=1S/C17H23FN2O4S/c1-3-11-25(23,24)19-16(22)17(2)9-6-10-20(12-17)15(21)13-7-4-5-8-14(13)18/h4-5,7-8H,3,6,9-12H2,1-2H3,(H,19,22). The molecule has 1 unspecified atom stereocenters. The Morgan fingerprint density at radius 3 is 2.64 bits per heavy atom. The Kier molecular flexibility index (Phi) is 5.82. The normalized spacial score (nSPS) is 21.0. The molecule has 138 valence electrons. The fraction of sp³-hybridized carbons (Fsp3) is 0.529. The van der Waals surface area contributed by atoms with E-state index in [9.17, 15) is 22.4 Å². The van der Waals surface area contributed by atoms with Gasteiger partial charge in [0.1, 0.15) is 5.82 Å². The second-order valence-electron chi connectivity index (χ2n) is 6.62. The molecule has 0 bridgehead atoms. The van der Waals surface area contributed by atoms with Gasteiger partial charge in [0.2, 0.25) is 15.9 Å². The molecule has 1 atom stereocenters. The number of hydrogen-bond donors (Lipinski definition) is 1. The maximum atomic E-state index is 13.8. The van der Waals surface area contributed by atoms with E-state index in [4.69, 9.17) is 0 Å². The number of hydrogen-bond acceptors (Lipinski definition) is 4. The summed E-state index contributed by atoms with van der Waals surface area (Å²) in [6, 6.07) is 5.68. The van der Waals surface area contributed by atoms with E-state index < -0.39 is 33.1 Å². The quantitative estimate of drug-likeness (QED) is 0.858. The van der Waals surface area contributed by atoms with Crippen molar-refractivity contribution in [3.63, 3.8) is 0 Å². The summed E-state index contributed by atoms with van der Waals surface area (Å²) in [7, 11) is -3.68. The number of carbonyl (C=O) groups is 2. The molecule has 0 aliphatic carbocycles. The minimum absolute atomic E-state index is 0.0493. The minimum Gasteiger partial charge on any atom is -0.337 e. The summed E-state index contributed by atoms with van der Waals surface area (Å²) in [5.41, 5.74) is -1.08. The molecule has 0 radical (unpaired) electrons. The highest BCUT2D eigenvalue weighted by Crippen LogP contribution is 2.31. The van der Waals surface area contributed by atoms with Crippen molar-refractivity contribution in [1.82, 2.24) is 9.62 Å². The van der Waals surface area contributed by atoms with Crippen LogP contribution in [-0.4, -0.2) is 44.0 Å². The lowest BCUT2D eigenvalue weighted by Gasteiger charge is -2.39. The summed E-state index contributed by atoms with van der Waals surface area (Å²) in [6.07, 6.45) is 1.40. The second-order valence-corrected chi connectivity index (χ2v) is 8.46. The van der Waals surface area contributed by atoms with Gasteiger partial charge in [-0.15, -0.1) is 0 Å². The predicted molar refractivity (Wildman–Crippen MR) is 91.9 cm³/mol. The van der Waals surface area contributed by atoms with Crippen molar-refractivity contribution in [2.24, 2.45) is 5.41 Å². The molecule has 1 heterocycles. The highest BCUT2D eigenvalue weighted by Gasteiger charge is 2.41. The lowest BCUT2D eigenvalue weighted by atomic mass is 9.81. The largest absolute Gasteiger partial charge is 0.337 e. The van der Waals surface area contributed by atoms with Gasteiger partial charge in [-0.05, 0) is 38.3 Å². The van der Waals surface area contributed by atoms with Crippen LogP contribution in [0.3, 0.4) is 0 Å². The summed E-state index contributed by atoms with van der Waals surface area (Å²) in [5, 5.41) is 0. The van der Waals surface area contributed by atoms with E-state index >= 15 is 0 Å². The number of benzene rings is 1. The number of nitrogens with zero attached hydrogens (tertiary/aromatic N) is 1. The molecule has 0 saturated carbocycles. The third-order valence-electron chi connectivity index (χ3n) is 4.36. The van der Waals surface area contributed by atoms with Crippen molar-refractivity contribution in [3.05, 3.63) is 35.6 Å². The van der Waals surface area contributed by atoms with Crippen molar-refractivity contribution in [2.45, 2.75) is 33.1 Å². The first-order chi connectivity index (χ1) is 11.7. The molecule has 1 saturated heterocycles. The van der Waals surface area contributed by atoms with Gasteiger partial charge in [0.25, 0.3) is 5.91 Å². The SMILES string of the molecule is CCCS(=O)(=O)NC(=O)C1(C)CCCN(C(=O)c2ccccc2F)C1. The van der Waals surface area contributed by atoms with E-state index in [0.29, 0.717) is 25.8 Å². The molecule has 0 aromatic heterocycles. The third-order valence-corrected chi connectivity index (χ3v) is 5.80. The van der Waals surface area contributed by atoms with E-state index in [1.54, 1.807) is 19.9 Å². The van der Waals surface area contributed by atoms with E-state index in [0.717, 1.165) is 0 Å². The van der Waals surface area contributed by atoms with Crippen LogP contribution < -0.4 is 4.72 Å². The van der Waals surface area contributed by atoms with Gasteiger partial charge in [-0.2, -0.15) is 0 Å². The summed E-state index contributed by atoms with van der Waals surface area (Å²) >= 11 is 0. The molecule has 6 nitrogen and oxygen atoms in total. The maximum Gasteiger partial charge on any atom is 0.256 e. The highest BCUT2D eigenvalue weighted by atomic mass is 32.2. The fourth-order valence-electron chi connectivity index (χ4n) is 2.99. The van der Waals surface area contributed by atoms with Gasteiger partial charge >= 0.3 is 0 Å². The van der Waals surface area contributed by atoms with Gasteiger partial charge in [0.15, 0.2) is 0 Å². The lowest BCUT2D eigenvalue weighted by molar-refractivity contribution is -0.130. The van der Waals surface area contributed by atoms with Crippen molar-refractivity contribution in [1.29, 1.82) is 0 Å². The first-order valence-corrected chi connectivity index (χ1v) is 9.92. The van der Waals surface area contributed by atoms with Crippen LogP contribution in [0.25, 0.3) is 0 Å². The van der Waals surface area contributed by atoms with Crippen LogP contribution >= 0.6 is 0 Å². The van der Waals surface area contributed by atoms with Gasteiger partial charge in [-0.3, -0.25) is 14.3 Å². The average molecular weight is 370 g/mol. The molecule has 1 N–H and O–H groups in total. The van der Waals surface area contributed by atoms with E-state index in [-0.39, 0.29) is 17.9 Å². The Labute approximate surface area is 147 Å². The van der Waals surface area contributed by atoms with E-state index in [1.807, 2.05) is 0 Å². The average Bonchev–Trinajstić information content (AvgIpc) is 2.54. The van der Waals surface area contributed by atoms with Crippen LogP contribution in [0, 0.1) is 11.2 Å². The Balaban J connectivity index is 2.15.